The molecular formula is C14H28N4O2S. The highest BCUT2D eigenvalue weighted by atomic mass is 32.2. The van der Waals surface area contributed by atoms with E-state index in [1.54, 1.807) is 8.61 Å². The molecule has 2 unspecified atom stereocenters. The highest BCUT2D eigenvalue weighted by molar-refractivity contribution is 7.86. The Bertz CT molecular complexity index is 450. The molecule has 0 aliphatic carbocycles. The summed E-state index contributed by atoms with van der Waals surface area (Å²) in [5.41, 5.74) is 0. The van der Waals surface area contributed by atoms with Crippen LogP contribution in [0.4, 0.5) is 0 Å². The van der Waals surface area contributed by atoms with Crippen molar-refractivity contribution < 1.29 is 8.42 Å². The minimum Gasteiger partial charge on any atom is -0.314 e. The van der Waals surface area contributed by atoms with Crippen molar-refractivity contribution in [2.75, 3.05) is 52.4 Å². The fraction of sp³-hybridized carbons (Fsp3) is 1.00. The summed E-state index contributed by atoms with van der Waals surface area (Å²) in [6, 6.07) is 0.407. The Morgan fingerprint density at radius 2 is 1.67 bits per heavy atom. The highest BCUT2D eigenvalue weighted by Crippen LogP contribution is 2.25. The van der Waals surface area contributed by atoms with E-state index in [1.807, 2.05) is 0 Å². The third-order valence-corrected chi connectivity index (χ3v) is 7.03. The van der Waals surface area contributed by atoms with Gasteiger partial charge in [0.05, 0.1) is 0 Å². The van der Waals surface area contributed by atoms with Crippen LogP contribution < -0.4 is 5.32 Å². The maximum Gasteiger partial charge on any atom is 0.282 e. The molecule has 0 aromatic rings. The van der Waals surface area contributed by atoms with Crippen LogP contribution in [0.1, 0.15) is 26.2 Å². The Kier molecular flexibility index (Phi) is 4.85. The van der Waals surface area contributed by atoms with E-state index < -0.39 is 10.2 Å². The van der Waals surface area contributed by atoms with Crippen LogP contribution in [0.5, 0.6) is 0 Å². The van der Waals surface area contributed by atoms with Crippen LogP contribution >= 0.6 is 0 Å². The van der Waals surface area contributed by atoms with Crippen molar-refractivity contribution in [1.82, 2.24) is 18.8 Å². The molecule has 7 heteroatoms. The summed E-state index contributed by atoms with van der Waals surface area (Å²) < 4.78 is 29.0. The molecule has 3 aliphatic heterocycles. The van der Waals surface area contributed by atoms with Crippen LogP contribution in [-0.2, 0) is 10.2 Å². The van der Waals surface area contributed by atoms with Gasteiger partial charge in [0.15, 0.2) is 0 Å². The monoisotopic (exact) mass is 316 g/mol. The van der Waals surface area contributed by atoms with Gasteiger partial charge in [0.1, 0.15) is 0 Å². The van der Waals surface area contributed by atoms with Crippen molar-refractivity contribution >= 4 is 10.2 Å². The van der Waals surface area contributed by atoms with Gasteiger partial charge in [-0.15, -0.1) is 0 Å². The molecule has 0 radical (unpaired) electrons. The van der Waals surface area contributed by atoms with Gasteiger partial charge in [-0.2, -0.15) is 17.0 Å². The number of piperazine rings is 1. The van der Waals surface area contributed by atoms with Gasteiger partial charge < -0.3 is 5.32 Å². The third kappa shape index (κ3) is 3.42. The molecule has 0 aromatic heterocycles. The summed E-state index contributed by atoms with van der Waals surface area (Å²) in [7, 11) is -3.24. The van der Waals surface area contributed by atoms with E-state index in [4.69, 9.17) is 0 Å². The zero-order valence-corrected chi connectivity index (χ0v) is 13.8. The Balaban J connectivity index is 1.61. The van der Waals surface area contributed by atoms with Gasteiger partial charge in [0.25, 0.3) is 10.2 Å². The number of nitrogens with one attached hydrogen (secondary N) is 1. The molecule has 122 valence electrons. The summed E-state index contributed by atoms with van der Waals surface area (Å²) >= 11 is 0. The second-order valence-corrected chi connectivity index (χ2v) is 8.63. The highest BCUT2D eigenvalue weighted by Gasteiger charge is 2.38. The molecule has 3 heterocycles. The molecule has 6 nitrogen and oxygen atoms in total. The average molecular weight is 316 g/mol. The van der Waals surface area contributed by atoms with E-state index in [2.05, 4.69) is 17.1 Å². The smallest absolute Gasteiger partial charge is 0.282 e. The van der Waals surface area contributed by atoms with Crippen LogP contribution in [0.15, 0.2) is 0 Å². The molecule has 0 amide bonds. The molecule has 3 rings (SSSR count). The lowest BCUT2D eigenvalue weighted by atomic mass is 10.0. The van der Waals surface area contributed by atoms with E-state index in [0.29, 0.717) is 38.1 Å². The van der Waals surface area contributed by atoms with Crippen LogP contribution in [0, 0.1) is 5.92 Å². The summed E-state index contributed by atoms with van der Waals surface area (Å²) in [6.45, 7) is 9.02. The molecule has 2 atom stereocenters. The van der Waals surface area contributed by atoms with Crippen molar-refractivity contribution in [3.63, 3.8) is 0 Å². The summed E-state index contributed by atoms with van der Waals surface area (Å²) in [4.78, 5) is 2.45. The normalized spacial score (nSPS) is 34.3. The maximum absolute atomic E-state index is 12.8. The molecule has 0 aromatic carbocycles. The van der Waals surface area contributed by atoms with E-state index >= 15 is 0 Å². The first-order valence-corrected chi connectivity index (χ1v) is 9.67. The van der Waals surface area contributed by atoms with Crippen molar-refractivity contribution in [3.8, 4) is 0 Å². The summed E-state index contributed by atoms with van der Waals surface area (Å²) in [5, 5.41) is 3.35. The second kappa shape index (κ2) is 6.50. The maximum atomic E-state index is 12.8. The van der Waals surface area contributed by atoms with Gasteiger partial charge in [0, 0.05) is 58.4 Å². The van der Waals surface area contributed by atoms with E-state index in [1.165, 1.54) is 0 Å². The van der Waals surface area contributed by atoms with E-state index in [-0.39, 0.29) is 0 Å². The molecule has 3 aliphatic rings. The van der Waals surface area contributed by atoms with Gasteiger partial charge in [-0.1, -0.05) is 6.92 Å². The van der Waals surface area contributed by atoms with Gasteiger partial charge >= 0.3 is 0 Å². The zero-order valence-electron chi connectivity index (χ0n) is 13.0. The fourth-order valence-corrected chi connectivity index (χ4v) is 5.61. The van der Waals surface area contributed by atoms with E-state index in [9.17, 15) is 8.42 Å². The first kappa shape index (κ1) is 15.7. The quantitative estimate of drug-likeness (QED) is 0.793. The van der Waals surface area contributed by atoms with Gasteiger partial charge in [-0.25, -0.2) is 0 Å². The molecule has 21 heavy (non-hydrogen) atoms. The number of rotatable bonds is 3. The van der Waals surface area contributed by atoms with Crippen molar-refractivity contribution in [2.24, 2.45) is 5.92 Å². The lowest BCUT2D eigenvalue weighted by Gasteiger charge is -2.34. The van der Waals surface area contributed by atoms with Crippen LogP contribution in [0.2, 0.25) is 0 Å². The Morgan fingerprint density at radius 1 is 0.952 bits per heavy atom. The SMILES string of the molecule is CC1CCCN(S(=O)(=O)N2CCC(N3CCNCC3)C2)C1. The standard InChI is InChI=1S/C14H28N4O2S/c1-13-3-2-7-17(11-13)21(19,20)18-8-4-14(12-18)16-9-5-15-6-10-16/h13-15H,2-12H2,1H3. The zero-order chi connectivity index (χ0) is 14.9. The van der Waals surface area contributed by atoms with Gasteiger partial charge in [0.2, 0.25) is 0 Å². The van der Waals surface area contributed by atoms with Gasteiger partial charge in [-0.05, 0) is 25.2 Å². The predicted octanol–water partition coefficient (Wildman–Crippen LogP) is -0.0574. The Hall–Kier alpha value is -0.210. The van der Waals surface area contributed by atoms with Crippen molar-refractivity contribution in [1.29, 1.82) is 0 Å². The van der Waals surface area contributed by atoms with Crippen LogP contribution in [0.25, 0.3) is 0 Å². The number of nitrogens with zero attached hydrogens (tertiary/aromatic N) is 3. The van der Waals surface area contributed by atoms with E-state index in [0.717, 1.165) is 45.4 Å². The van der Waals surface area contributed by atoms with Crippen molar-refractivity contribution in [2.45, 2.75) is 32.2 Å². The first-order valence-electron chi connectivity index (χ1n) is 8.27. The molecule has 3 saturated heterocycles. The predicted molar refractivity (Wildman–Crippen MR) is 83.3 cm³/mol. The van der Waals surface area contributed by atoms with Crippen molar-refractivity contribution in [3.05, 3.63) is 0 Å². The lowest BCUT2D eigenvalue weighted by Crippen LogP contribution is -2.51. The molecule has 1 N–H and O–H groups in total. The lowest BCUT2D eigenvalue weighted by molar-refractivity contribution is 0.178. The third-order valence-electron chi connectivity index (χ3n) is 5.07. The average Bonchev–Trinajstić information content (AvgIpc) is 2.99. The van der Waals surface area contributed by atoms with Crippen LogP contribution in [0.3, 0.4) is 0 Å². The molecule has 0 saturated carbocycles. The summed E-state index contributed by atoms with van der Waals surface area (Å²) in [6.07, 6.45) is 3.12. The van der Waals surface area contributed by atoms with Crippen LogP contribution in [-0.4, -0.2) is 80.3 Å². The fourth-order valence-electron chi connectivity index (χ4n) is 3.78. The largest absolute Gasteiger partial charge is 0.314 e. The Morgan fingerprint density at radius 3 is 2.38 bits per heavy atom. The molecule has 3 fully saturated rings. The minimum atomic E-state index is -3.24. The molecule has 0 spiro atoms. The topological polar surface area (TPSA) is 55.9 Å². The number of piperidine rings is 1. The first-order chi connectivity index (χ1) is 10.1. The minimum absolute atomic E-state index is 0.407. The Labute approximate surface area is 128 Å². The summed E-state index contributed by atoms with van der Waals surface area (Å²) in [5.74, 6) is 0.486. The molecular weight excluding hydrogens is 288 g/mol. The number of hydrogen-bond acceptors (Lipinski definition) is 4. The number of hydrogen-bond donors (Lipinski definition) is 1. The second-order valence-electron chi connectivity index (χ2n) is 6.70. The van der Waals surface area contributed by atoms with Gasteiger partial charge in [-0.3, -0.25) is 4.90 Å². The molecule has 0 bridgehead atoms.